The van der Waals surface area contributed by atoms with Crippen LogP contribution < -0.4 is 36.5 Å². The Morgan fingerprint density at radius 2 is 1.64 bits per heavy atom. The maximum atomic E-state index is 14.7. The molecule has 0 radical (unpaired) electrons. The second kappa shape index (κ2) is 23.1. The number of rotatable bonds is 20. The van der Waals surface area contributed by atoms with Crippen molar-refractivity contribution in [1.29, 1.82) is 0 Å². The van der Waals surface area contributed by atoms with Gasteiger partial charge in [0.15, 0.2) is 0 Å². The summed E-state index contributed by atoms with van der Waals surface area (Å²) in [6.07, 6.45) is 5.06. The lowest BCUT2D eigenvalue weighted by molar-refractivity contribution is -0.143. The number of sulfonamides is 1. The number of benzene rings is 3. The van der Waals surface area contributed by atoms with E-state index >= 15 is 0 Å². The number of carbonyl (C=O) groups is 4. The molecule has 1 fully saturated rings. The van der Waals surface area contributed by atoms with E-state index in [1.807, 2.05) is 4.72 Å². The number of aryl methyl sites for hydroxylation is 2. The zero-order valence-corrected chi connectivity index (χ0v) is 43.4. The number of para-hydroxylation sites is 1. The number of alkyl halides is 2. The lowest BCUT2D eigenvalue weighted by Crippen LogP contribution is -2.59. The highest BCUT2D eigenvalue weighted by Gasteiger charge is 2.46. The molecule has 4 amide bonds. The minimum Gasteiger partial charge on any atom is -0.484 e. The number of hydrogen-bond donors (Lipinski definition) is 6. The first-order chi connectivity index (χ1) is 35.9. The van der Waals surface area contributed by atoms with Crippen LogP contribution in [0.25, 0.3) is 33.3 Å². The Kier molecular flexibility index (Phi) is 17.0. The monoisotopic (exact) mass is 1080 g/mol. The highest BCUT2D eigenvalue weighted by molar-refractivity contribution is 7.93. The van der Waals surface area contributed by atoms with Crippen LogP contribution in [0.15, 0.2) is 79.3 Å². The zero-order valence-electron chi connectivity index (χ0n) is 42.6. The van der Waals surface area contributed by atoms with Gasteiger partial charge in [-0.1, -0.05) is 45.0 Å². The van der Waals surface area contributed by atoms with Crippen molar-refractivity contribution < 1.29 is 54.3 Å². The van der Waals surface area contributed by atoms with E-state index in [2.05, 4.69) is 31.3 Å². The molecule has 0 saturated carbocycles. The van der Waals surface area contributed by atoms with Crippen molar-refractivity contribution in [2.24, 2.45) is 12.5 Å². The zero-order chi connectivity index (χ0) is 55.4. The SMILES string of the molecule is CN[C@@H](C)C(=O)N[C@H](C(=O)N1C[C@H](NC(=O)CCCCn2cc(-c3cnc(N)c4c(-c5ccc(NS(=O)(=O)C(F)F)c(O[C@@H](C)c6ccc(F)cc6)c5)nn(C)c34)cn2)C[C@H]1C(=O)Nc1c(F)cccc1F)C(C)(C)C. The van der Waals surface area contributed by atoms with Crippen LogP contribution in [-0.4, -0.2) is 105 Å². The van der Waals surface area contributed by atoms with Crippen LogP contribution in [0.2, 0.25) is 0 Å². The molecule has 5 atom stereocenters. The molecule has 19 nitrogen and oxygen atoms in total. The van der Waals surface area contributed by atoms with Gasteiger partial charge in [-0.15, -0.1) is 0 Å². The van der Waals surface area contributed by atoms with Gasteiger partial charge in [0.1, 0.15) is 58.6 Å². The fourth-order valence-corrected chi connectivity index (χ4v) is 9.31. The smallest absolute Gasteiger partial charge is 0.355 e. The molecule has 1 aliphatic rings. The van der Waals surface area contributed by atoms with Gasteiger partial charge >= 0.3 is 5.76 Å². The van der Waals surface area contributed by atoms with Crippen LogP contribution >= 0.6 is 0 Å². The Morgan fingerprint density at radius 1 is 0.947 bits per heavy atom. The third kappa shape index (κ3) is 12.7. The summed E-state index contributed by atoms with van der Waals surface area (Å²) in [6, 6.07) is 8.87. The van der Waals surface area contributed by atoms with Crippen LogP contribution in [-0.2, 0) is 42.8 Å². The van der Waals surface area contributed by atoms with Crippen LogP contribution in [0, 0.1) is 22.9 Å². The van der Waals surface area contributed by atoms with Gasteiger partial charge in [-0.25, -0.2) is 26.6 Å². The van der Waals surface area contributed by atoms with E-state index in [0.717, 1.165) is 18.2 Å². The summed E-state index contributed by atoms with van der Waals surface area (Å²) in [4.78, 5) is 60.1. The van der Waals surface area contributed by atoms with E-state index in [-0.39, 0.29) is 42.5 Å². The van der Waals surface area contributed by atoms with Gasteiger partial charge in [-0.05, 0) is 87.5 Å². The van der Waals surface area contributed by atoms with Crippen molar-refractivity contribution in [2.45, 2.75) is 103 Å². The first kappa shape index (κ1) is 56.1. The number of amides is 4. The fraction of sp³-hybridized carbons (Fsp3) is 0.392. The number of carbonyl (C=O) groups excluding carboxylic acids is 4. The number of anilines is 3. The van der Waals surface area contributed by atoms with E-state index in [4.69, 9.17) is 15.6 Å². The van der Waals surface area contributed by atoms with Crippen LogP contribution in [0.3, 0.4) is 0 Å². The standard InChI is InChI=1S/C51H59F5N12O7S/c1-27(58-6)47(70)63-45(51(3,4)5)49(72)68-26-33(22-38(68)48(71)62-43-35(53)11-10-12-36(43)54)61-40(69)13-8-9-20-67-25-31(23-60-67)34-24-59-46(57)41-42(64-66(7)44(34)41)30-16-19-37(65-76(73,74)50(55)56)39(21-30)75-28(2)29-14-17-32(52)18-15-29/h10-12,14-19,21,23-25,27-28,33,38,45,50,58,65H,8-9,13,20,22,26H2,1-7H3,(H2,57,59)(H,61,69)(H,62,71)(H,63,70)/t27-,28-,33+,38-,45+/m0/s1. The van der Waals surface area contributed by atoms with Crippen molar-refractivity contribution in [3.05, 3.63) is 102 Å². The lowest BCUT2D eigenvalue weighted by Gasteiger charge is -2.36. The van der Waals surface area contributed by atoms with Gasteiger partial charge in [-0.3, -0.25) is 33.3 Å². The quantitative estimate of drug-likeness (QED) is 0.0348. The van der Waals surface area contributed by atoms with Gasteiger partial charge in [0.05, 0.1) is 28.8 Å². The van der Waals surface area contributed by atoms with Crippen molar-refractivity contribution in [3.8, 4) is 28.1 Å². The number of nitrogens with two attached hydrogens (primary N) is 1. The normalized spacial score (nSPS) is 16.1. The Labute approximate surface area is 435 Å². The molecule has 0 unspecified atom stereocenters. The number of likely N-dealkylation sites (N-methyl/N-ethyl adjacent to an activating group) is 1. The van der Waals surface area contributed by atoms with Crippen LogP contribution in [0.4, 0.5) is 39.1 Å². The summed E-state index contributed by atoms with van der Waals surface area (Å²) in [6.45, 7) is 8.73. The molecule has 4 heterocycles. The minimum absolute atomic E-state index is 0.0652. The number of ether oxygens (including phenoxy) is 1. The average Bonchev–Trinajstić information content (AvgIpc) is 4.14. The Hall–Kier alpha value is -7.67. The molecule has 1 aliphatic heterocycles. The van der Waals surface area contributed by atoms with E-state index in [1.54, 1.807) is 76.7 Å². The van der Waals surface area contributed by atoms with E-state index < -0.39 is 92.3 Å². The molecule has 0 spiro atoms. The molecule has 1 saturated heterocycles. The van der Waals surface area contributed by atoms with Crippen molar-refractivity contribution >= 4 is 61.7 Å². The van der Waals surface area contributed by atoms with Gasteiger partial charge in [-0.2, -0.15) is 19.0 Å². The highest BCUT2D eigenvalue weighted by atomic mass is 32.2. The number of likely N-dealkylation sites (tertiary alicyclic amines) is 1. The highest BCUT2D eigenvalue weighted by Crippen LogP contribution is 2.41. The molecule has 406 valence electrons. The summed E-state index contributed by atoms with van der Waals surface area (Å²) in [5.41, 5.74) is 7.66. The first-order valence-corrected chi connectivity index (χ1v) is 25.7. The number of nitrogens with zero attached hydrogens (tertiary/aromatic N) is 6. The summed E-state index contributed by atoms with van der Waals surface area (Å²) < 4.78 is 106. The van der Waals surface area contributed by atoms with Crippen molar-refractivity contribution in [3.63, 3.8) is 0 Å². The average molecular weight is 1080 g/mol. The predicted molar refractivity (Wildman–Crippen MR) is 274 cm³/mol. The fourth-order valence-electron chi connectivity index (χ4n) is 8.74. The number of nitrogens with one attached hydrogen (secondary N) is 5. The second-order valence-corrected chi connectivity index (χ2v) is 21.2. The van der Waals surface area contributed by atoms with E-state index in [9.17, 15) is 49.5 Å². The number of unbranched alkanes of at least 4 members (excludes halogenated alkanes) is 1. The van der Waals surface area contributed by atoms with Crippen molar-refractivity contribution in [1.82, 2.24) is 45.4 Å². The number of pyridine rings is 1. The molecule has 7 rings (SSSR count). The molecule has 6 aromatic rings. The number of halogens is 5. The minimum atomic E-state index is -5.11. The number of hydrogen-bond acceptors (Lipinski definition) is 12. The molecule has 76 heavy (non-hydrogen) atoms. The molecule has 7 N–H and O–H groups in total. The number of aromatic nitrogens is 5. The third-order valence-electron chi connectivity index (χ3n) is 13.0. The molecule has 3 aromatic heterocycles. The van der Waals surface area contributed by atoms with Crippen LogP contribution in [0.5, 0.6) is 5.75 Å². The molecule has 3 aromatic carbocycles. The van der Waals surface area contributed by atoms with E-state index in [1.165, 1.54) is 47.4 Å². The Morgan fingerprint density at radius 3 is 2.30 bits per heavy atom. The first-order valence-electron chi connectivity index (χ1n) is 24.2. The Balaban J connectivity index is 1.03. The molecular weight excluding hydrogens is 1020 g/mol. The van der Waals surface area contributed by atoms with Gasteiger partial charge in [0.25, 0.3) is 10.0 Å². The third-order valence-corrected chi connectivity index (χ3v) is 13.9. The molecular formula is C51H59F5N12O7S. The summed E-state index contributed by atoms with van der Waals surface area (Å²) in [7, 11) is -1.84. The molecule has 0 bridgehead atoms. The number of nitrogen functional groups attached to an aromatic ring is 1. The topological polar surface area (TPSA) is 250 Å². The maximum Gasteiger partial charge on any atom is 0.355 e. The summed E-state index contributed by atoms with van der Waals surface area (Å²) >= 11 is 0. The van der Waals surface area contributed by atoms with Crippen molar-refractivity contribution in [2.75, 3.05) is 29.4 Å². The number of fused-ring (bicyclic) bond motifs is 1. The van der Waals surface area contributed by atoms with Gasteiger partial charge in [0.2, 0.25) is 23.6 Å². The van der Waals surface area contributed by atoms with Gasteiger partial charge in [0, 0.05) is 61.7 Å². The predicted octanol–water partition coefficient (Wildman–Crippen LogP) is 6.64. The second-order valence-electron chi connectivity index (χ2n) is 19.5. The van der Waals surface area contributed by atoms with E-state index in [0.29, 0.717) is 58.2 Å². The van der Waals surface area contributed by atoms with Crippen LogP contribution in [0.1, 0.15) is 72.0 Å². The largest absolute Gasteiger partial charge is 0.484 e. The molecule has 0 aliphatic carbocycles. The Bertz CT molecular complexity index is 3220. The summed E-state index contributed by atoms with van der Waals surface area (Å²) in [5, 5.41) is 20.4. The lowest BCUT2D eigenvalue weighted by atomic mass is 9.85. The van der Waals surface area contributed by atoms with Gasteiger partial charge < -0.3 is 36.6 Å². The maximum absolute atomic E-state index is 14.7. The summed E-state index contributed by atoms with van der Waals surface area (Å²) in [5.74, 6) is -8.60. The molecule has 25 heteroatoms.